The molecule has 0 unspecified atom stereocenters. The zero-order chi connectivity index (χ0) is 18.9. The zero-order valence-electron chi connectivity index (χ0n) is 15.0. The van der Waals surface area contributed by atoms with E-state index in [1.807, 2.05) is 12.1 Å². The fraction of sp³-hybridized carbons (Fsp3) is 0.562. The molecule has 0 amide bonds. The molecule has 5 nitrogen and oxygen atoms in total. The highest BCUT2D eigenvalue weighted by Crippen LogP contribution is 2.22. The molecule has 150 valence electrons. The highest BCUT2D eigenvalue weighted by molar-refractivity contribution is 14.0. The van der Waals surface area contributed by atoms with Crippen molar-refractivity contribution < 1.29 is 17.9 Å². The molecule has 0 saturated carbocycles. The van der Waals surface area contributed by atoms with Gasteiger partial charge in [0.2, 0.25) is 0 Å². The largest absolute Gasteiger partial charge is 0.497 e. The van der Waals surface area contributed by atoms with Gasteiger partial charge in [0, 0.05) is 31.7 Å². The lowest BCUT2D eigenvalue weighted by Crippen LogP contribution is -2.43. The molecule has 1 aromatic rings. The predicted molar refractivity (Wildman–Crippen MR) is 110 cm³/mol. The molecule has 0 radical (unpaired) electrons. The van der Waals surface area contributed by atoms with E-state index in [2.05, 4.69) is 15.6 Å². The van der Waals surface area contributed by atoms with E-state index in [0.29, 0.717) is 36.2 Å². The topological polar surface area (TPSA) is 48.9 Å². The van der Waals surface area contributed by atoms with Crippen LogP contribution in [0.4, 0.5) is 13.2 Å². The Labute approximate surface area is 174 Å². The minimum Gasteiger partial charge on any atom is -0.497 e. The predicted octanol–water partition coefficient (Wildman–Crippen LogP) is 3.17. The maximum Gasteiger partial charge on any atom is 0.401 e. The van der Waals surface area contributed by atoms with Crippen LogP contribution in [0, 0.1) is 0 Å². The number of methoxy groups -OCH3 is 1. The highest BCUT2D eigenvalue weighted by Gasteiger charge is 2.28. The van der Waals surface area contributed by atoms with Crippen LogP contribution in [0.5, 0.6) is 5.75 Å². The van der Waals surface area contributed by atoms with Gasteiger partial charge in [-0.2, -0.15) is 13.2 Å². The molecule has 2 N–H and O–H groups in total. The van der Waals surface area contributed by atoms with Gasteiger partial charge in [-0.05, 0) is 31.2 Å². The fourth-order valence-electron chi connectivity index (χ4n) is 2.14. The molecule has 0 aliphatic rings. The van der Waals surface area contributed by atoms with E-state index < -0.39 is 12.7 Å². The Kier molecular flexibility index (Phi) is 12.0. The van der Waals surface area contributed by atoms with Gasteiger partial charge in [-0.1, -0.05) is 17.7 Å². The maximum atomic E-state index is 12.2. The molecule has 0 aromatic heterocycles. The van der Waals surface area contributed by atoms with Gasteiger partial charge in [-0.3, -0.25) is 9.89 Å². The number of likely N-dealkylation sites (N-methyl/N-ethyl adjacent to an activating group) is 1. The van der Waals surface area contributed by atoms with Gasteiger partial charge in [0.05, 0.1) is 13.7 Å². The molecule has 0 spiro atoms. The smallest absolute Gasteiger partial charge is 0.401 e. The molecule has 0 aliphatic heterocycles. The van der Waals surface area contributed by atoms with Crippen molar-refractivity contribution in [3.8, 4) is 5.75 Å². The van der Waals surface area contributed by atoms with Gasteiger partial charge >= 0.3 is 6.18 Å². The van der Waals surface area contributed by atoms with Crippen LogP contribution in [0.15, 0.2) is 23.2 Å². The van der Waals surface area contributed by atoms with Gasteiger partial charge in [0.1, 0.15) is 5.75 Å². The van der Waals surface area contributed by atoms with Crippen molar-refractivity contribution in [1.82, 2.24) is 15.5 Å². The summed E-state index contributed by atoms with van der Waals surface area (Å²) in [5, 5.41) is 6.71. The van der Waals surface area contributed by atoms with E-state index >= 15 is 0 Å². The van der Waals surface area contributed by atoms with Crippen molar-refractivity contribution in [2.24, 2.45) is 4.99 Å². The van der Waals surface area contributed by atoms with Gasteiger partial charge in [-0.25, -0.2) is 0 Å². The number of guanidine groups is 1. The first kappa shape index (κ1) is 25.1. The summed E-state index contributed by atoms with van der Waals surface area (Å²) in [4.78, 5) is 5.25. The Balaban J connectivity index is 0.00000625. The quantitative estimate of drug-likeness (QED) is 0.322. The van der Waals surface area contributed by atoms with E-state index in [9.17, 15) is 13.2 Å². The van der Waals surface area contributed by atoms with Crippen LogP contribution in [-0.4, -0.2) is 64.4 Å². The average molecular weight is 509 g/mol. The van der Waals surface area contributed by atoms with Crippen molar-refractivity contribution in [2.75, 3.05) is 47.4 Å². The Hall–Kier alpha value is -0.940. The third kappa shape index (κ3) is 10.3. The van der Waals surface area contributed by atoms with Crippen LogP contribution >= 0.6 is 35.6 Å². The van der Waals surface area contributed by atoms with Crippen LogP contribution in [0.1, 0.15) is 5.56 Å². The number of ether oxygens (including phenoxy) is 1. The van der Waals surface area contributed by atoms with Crippen molar-refractivity contribution in [3.05, 3.63) is 28.8 Å². The fourth-order valence-corrected chi connectivity index (χ4v) is 2.41. The first-order chi connectivity index (χ1) is 11.7. The van der Waals surface area contributed by atoms with Crippen molar-refractivity contribution in [1.29, 1.82) is 0 Å². The Morgan fingerprint density at radius 1 is 1.27 bits per heavy atom. The molecule has 0 saturated heterocycles. The van der Waals surface area contributed by atoms with Crippen molar-refractivity contribution >= 4 is 41.5 Å². The summed E-state index contributed by atoms with van der Waals surface area (Å²) in [7, 11) is 4.61. The third-order valence-electron chi connectivity index (χ3n) is 3.41. The summed E-state index contributed by atoms with van der Waals surface area (Å²) in [6.07, 6.45) is -3.51. The number of nitrogens with one attached hydrogen (secondary N) is 2. The van der Waals surface area contributed by atoms with E-state index in [1.54, 1.807) is 20.2 Å². The second-order valence-corrected chi connectivity index (χ2v) is 5.89. The molecule has 0 bridgehead atoms. The second-order valence-electron chi connectivity index (χ2n) is 5.49. The van der Waals surface area contributed by atoms with Crippen LogP contribution in [0.3, 0.4) is 0 Å². The number of hydrogen-bond donors (Lipinski definition) is 2. The Morgan fingerprint density at radius 2 is 1.92 bits per heavy atom. The van der Waals surface area contributed by atoms with Gasteiger partial charge in [-0.15, -0.1) is 24.0 Å². The first-order valence-corrected chi connectivity index (χ1v) is 8.15. The van der Waals surface area contributed by atoms with E-state index in [1.165, 1.54) is 11.9 Å². The van der Waals surface area contributed by atoms with Crippen molar-refractivity contribution in [3.63, 3.8) is 0 Å². The highest BCUT2D eigenvalue weighted by atomic mass is 127. The Bertz CT molecular complexity index is 573. The molecule has 0 aliphatic carbocycles. The number of aliphatic imine (C=N–C) groups is 1. The summed E-state index contributed by atoms with van der Waals surface area (Å²) in [5.41, 5.74) is 0.968. The monoisotopic (exact) mass is 508 g/mol. The summed E-state index contributed by atoms with van der Waals surface area (Å²) in [6, 6.07) is 5.48. The number of rotatable bonds is 8. The van der Waals surface area contributed by atoms with Crippen LogP contribution < -0.4 is 15.4 Å². The summed E-state index contributed by atoms with van der Waals surface area (Å²) in [5.74, 6) is 1.23. The molecular formula is C16H25ClF3IN4O. The third-order valence-corrected chi connectivity index (χ3v) is 3.76. The number of halogens is 5. The van der Waals surface area contributed by atoms with Crippen LogP contribution in [0.2, 0.25) is 5.02 Å². The second kappa shape index (κ2) is 12.4. The van der Waals surface area contributed by atoms with E-state index in [0.717, 1.165) is 5.56 Å². The first-order valence-electron chi connectivity index (χ1n) is 7.77. The Morgan fingerprint density at radius 3 is 2.46 bits per heavy atom. The SMILES string of the molecule is CN=C(NCCc1ccc(OC)cc1Cl)NCCN(C)CC(F)(F)F.I. The molecule has 10 heteroatoms. The normalized spacial score (nSPS) is 11.9. The lowest BCUT2D eigenvalue weighted by molar-refractivity contribution is -0.142. The molecule has 26 heavy (non-hydrogen) atoms. The van der Waals surface area contributed by atoms with Crippen LogP contribution in [-0.2, 0) is 6.42 Å². The van der Waals surface area contributed by atoms with Gasteiger partial charge in [0.25, 0.3) is 0 Å². The zero-order valence-corrected chi connectivity index (χ0v) is 18.1. The lowest BCUT2D eigenvalue weighted by atomic mass is 10.1. The number of hydrogen-bond acceptors (Lipinski definition) is 3. The lowest BCUT2D eigenvalue weighted by Gasteiger charge is -2.19. The average Bonchev–Trinajstić information content (AvgIpc) is 2.53. The summed E-state index contributed by atoms with van der Waals surface area (Å²) in [6.45, 7) is 0.265. The molecule has 0 heterocycles. The molecule has 0 fully saturated rings. The molecular weight excluding hydrogens is 484 g/mol. The van der Waals surface area contributed by atoms with E-state index in [-0.39, 0.29) is 30.5 Å². The van der Waals surface area contributed by atoms with Crippen molar-refractivity contribution in [2.45, 2.75) is 12.6 Å². The molecule has 1 rings (SSSR count). The van der Waals surface area contributed by atoms with E-state index in [4.69, 9.17) is 16.3 Å². The minimum absolute atomic E-state index is 0. The van der Waals surface area contributed by atoms with Gasteiger partial charge in [0.15, 0.2) is 5.96 Å². The summed E-state index contributed by atoms with van der Waals surface area (Å²) >= 11 is 6.18. The summed E-state index contributed by atoms with van der Waals surface area (Å²) < 4.78 is 41.8. The standard InChI is InChI=1S/C16H24ClF3N4O.HI/c1-21-15(23-8-9-24(2)11-16(18,19)20)22-7-6-12-4-5-13(25-3)10-14(12)17;/h4-5,10H,6-9,11H2,1-3H3,(H2,21,22,23);1H. The van der Waals surface area contributed by atoms with Gasteiger partial charge < -0.3 is 15.4 Å². The molecule has 1 aromatic carbocycles. The number of nitrogens with zero attached hydrogens (tertiary/aromatic N) is 2. The number of alkyl halides is 3. The molecule has 0 atom stereocenters. The van der Waals surface area contributed by atoms with Crippen LogP contribution in [0.25, 0.3) is 0 Å². The number of benzene rings is 1. The minimum atomic E-state index is -4.19. The maximum absolute atomic E-state index is 12.2.